The maximum Gasteiger partial charge on any atom is 0.336 e. The van der Waals surface area contributed by atoms with Crippen molar-refractivity contribution >= 4 is 16.9 Å². The first-order valence-electron chi connectivity index (χ1n) is 8.96. The molecule has 5 heteroatoms. The highest BCUT2D eigenvalue weighted by Crippen LogP contribution is 2.31. The van der Waals surface area contributed by atoms with Gasteiger partial charge in [-0.15, -0.1) is 0 Å². The molecule has 0 aliphatic carbocycles. The molecule has 5 nitrogen and oxygen atoms in total. The van der Waals surface area contributed by atoms with Crippen LogP contribution in [-0.4, -0.2) is 18.1 Å². The van der Waals surface area contributed by atoms with Crippen LogP contribution in [0.25, 0.3) is 22.1 Å². The minimum absolute atomic E-state index is 0.0369. The number of hydrogen-bond donors (Lipinski definition) is 1. The van der Waals surface area contributed by atoms with Gasteiger partial charge in [0.25, 0.3) is 5.91 Å². The monoisotopic (exact) mass is 365 g/mol. The fraction of sp³-hybridized carbons (Fsp3) is 0.273. The predicted molar refractivity (Wildman–Crippen MR) is 106 cm³/mol. The number of fused-ring (bicyclic) bond motifs is 1. The van der Waals surface area contributed by atoms with E-state index >= 15 is 0 Å². The minimum atomic E-state index is -0.656. The third kappa shape index (κ3) is 4.19. The van der Waals surface area contributed by atoms with Crippen LogP contribution in [-0.2, 0) is 4.79 Å². The molecular weight excluding hydrogens is 342 g/mol. The van der Waals surface area contributed by atoms with Crippen LogP contribution in [0, 0.1) is 6.92 Å². The Bertz CT molecular complexity index is 1040. The van der Waals surface area contributed by atoms with Crippen LogP contribution in [0.15, 0.2) is 57.7 Å². The molecule has 1 atom stereocenters. The lowest BCUT2D eigenvalue weighted by Gasteiger charge is -2.17. The molecule has 1 aromatic heterocycles. The van der Waals surface area contributed by atoms with Crippen molar-refractivity contribution in [2.75, 3.05) is 0 Å². The lowest BCUT2D eigenvalue weighted by molar-refractivity contribution is -0.127. The molecule has 0 fully saturated rings. The second-order valence-electron chi connectivity index (χ2n) is 6.88. The van der Waals surface area contributed by atoms with Crippen molar-refractivity contribution in [2.45, 2.75) is 39.8 Å². The molecular formula is C22H23NO4. The SMILES string of the molecule is Cc1ccccc1-c1cc(=O)oc2cc(O[C@H](C)C(=O)NC(C)C)ccc12. The van der Waals surface area contributed by atoms with Gasteiger partial charge in [-0.1, -0.05) is 24.3 Å². The first kappa shape index (κ1) is 18.7. The summed E-state index contributed by atoms with van der Waals surface area (Å²) in [5.41, 5.74) is 2.87. The van der Waals surface area contributed by atoms with Gasteiger partial charge in [-0.3, -0.25) is 4.79 Å². The first-order chi connectivity index (χ1) is 12.8. The summed E-state index contributed by atoms with van der Waals surface area (Å²) in [7, 11) is 0. The number of rotatable bonds is 5. The van der Waals surface area contributed by atoms with Crippen LogP contribution in [0.1, 0.15) is 26.3 Å². The van der Waals surface area contributed by atoms with Gasteiger partial charge in [0, 0.05) is 29.1 Å². The molecule has 0 saturated heterocycles. The summed E-state index contributed by atoms with van der Waals surface area (Å²) >= 11 is 0. The van der Waals surface area contributed by atoms with Crippen LogP contribution in [0.4, 0.5) is 0 Å². The Morgan fingerprint density at radius 3 is 2.48 bits per heavy atom. The summed E-state index contributed by atoms with van der Waals surface area (Å²) < 4.78 is 11.1. The van der Waals surface area contributed by atoms with Gasteiger partial charge in [-0.25, -0.2) is 4.79 Å². The van der Waals surface area contributed by atoms with Gasteiger partial charge in [0.1, 0.15) is 11.3 Å². The predicted octanol–water partition coefficient (Wildman–Crippen LogP) is 4.06. The van der Waals surface area contributed by atoms with Crippen molar-refractivity contribution in [3.63, 3.8) is 0 Å². The number of carbonyl (C=O) groups excluding carboxylic acids is 1. The van der Waals surface area contributed by atoms with Gasteiger partial charge in [-0.2, -0.15) is 0 Å². The van der Waals surface area contributed by atoms with E-state index in [4.69, 9.17) is 9.15 Å². The molecule has 1 N–H and O–H groups in total. The highest BCUT2D eigenvalue weighted by Gasteiger charge is 2.16. The Balaban J connectivity index is 1.98. The fourth-order valence-electron chi connectivity index (χ4n) is 2.97. The molecule has 140 valence electrons. The number of nitrogens with one attached hydrogen (secondary N) is 1. The molecule has 0 bridgehead atoms. The normalized spacial score (nSPS) is 12.2. The second-order valence-corrected chi connectivity index (χ2v) is 6.88. The number of ether oxygens (including phenoxy) is 1. The number of hydrogen-bond acceptors (Lipinski definition) is 4. The molecule has 27 heavy (non-hydrogen) atoms. The quantitative estimate of drug-likeness (QED) is 0.692. The van der Waals surface area contributed by atoms with E-state index < -0.39 is 11.7 Å². The van der Waals surface area contributed by atoms with Crippen molar-refractivity contribution in [3.05, 3.63) is 64.5 Å². The van der Waals surface area contributed by atoms with E-state index in [0.29, 0.717) is 11.3 Å². The Kier molecular flexibility index (Phi) is 5.31. The second kappa shape index (κ2) is 7.66. The van der Waals surface area contributed by atoms with Crippen LogP contribution >= 0.6 is 0 Å². The zero-order valence-electron chi connectivity index (χ0n) is 15.9. The lowest BCUT2D eigenvalue weighted by atomic mass is 9.98. The minimum Gasteiger partial charge on any atom is -0.481 e. The van der Waals surface area contributed by atoms with E-state index in [1.54, 1.807) is 19.1 Å². The third-order valence-electron chi connectivity index (χ3n) is 4.26. The van der Waals surface area contributed by atoms with Crippen molar-refractivity contribution in [1.82, 2.24) is 5.32 Å². The highest BCUT2D eigenvalue weighted by molar-refractivity contribution is 5.94. The smallest absolute Gasteiger partial charge is 0.336 e. The van der Waals surface area contributed by atoms with Gasteiger partial charge >= 0.3 is 5.63 Å². The van der Waals surface area contributed by atoms with Crippen LogP contribution in [0.5, 0.6) is 5.75 Å². The maximum absolute atomic E-state index is 12.1. The van der Waals surface area contributed by atoms with E-state index in [-0.39, 0.29) is 11.9 Å². The van der Waals surface area contributed by atoms with Crippen LogP contribution in [0.3, 0.4) is 0 Å². The number of carbonyl (C=O) groups is 1. The van der Waals surface area contributed by atoms with Gasteiger partial charge in [0.15, 0.2) is 6.10 Å². The average Bonchev–Trinajstić information content (AvgIpc) is 2.60. The topological polar surface area (TPSA) is 68.5 Å². The molecule has 3 rings (SSSR count). The Morgan fingerprint density at radius 2 is 1.78 bits per heavy atom. The van der Waals surface area contributed by atoms with E-state index in [0.717, 1.165) is 22.1 Å². The molecule has 0 aliphatic heterocycles. The Hall–Kier alpha value is -3.08. The molecule has 0 saturated carbocycles. The molecule has 1 amide bonds. The summed E-state index contributed by atoms with van der Waals surface area (Å²) in [5, 5.41) is 3.62. The maximum atomic E-state index is 12.1. The zero-order chi connectivity index (χ0) is 19.6. The lowest BCUT2D eigenvalue weighted by Crippen LogP contribution is -2.40. The molecule has 0 unspecified atom stereocenters. The zero-order valence-corrected chi connectivity index (χ0v) is 15.9. The number of amides is 1. The molecule has 1 heterocycles. The third-order valence-corrected chi connectivity index (χ3v) is 4.26. The summed E-state index contributed by atoms with van der Waals surface area (Å²) in [4.78, 5) is 24.1. The molecule has 3 aromatic rings. The van der Waals surface area contributed by atoms with Crippen molar-refractivity contribution in [3.8, 4) is 16.9 Å². The fourth-order valence-corrected chi connectivity index (χ4v) is 2.97. The summed E-state index contributed by atoms with van der Waals surface area (Å²) in [5.74, 6) is 0.277. The Morgan fingerprint density at radius 1 is 1.04 bits per heavy atom. The van der Waals surface area contributed by atoms with Gasteiger partial charge in [-0.05, 0) is 51.0 Å². The average molecular weight is 365 g/mol. The number of benzene rings is 2. The highest BCUT2D eigenvalue weighted by atomic mass is 16.5. The summed E-state index contributed by atoms with van der Waals surface area (Å²) in [6.07, 6.45) is -0.656. The van der Waals surface area contributed by atoms with E-state index in [1.165, 1.54) is 6.07 Å². The van der Waals surface area contributed by atoms with Gasteiger partial charge in [0.2, 0.25) is 0 Å². The summed E-state index contributed by atoms with van der Waals surface area (Å²) in [6.45, 7) is 7.47. The van der Waals surface area contributed by atoms with Crippen molar-refractivity contribution in [1.29, 1.82) is 0 Å². The van der Waals surface area contributed by atoms with E-state index in [1.807, 2.05) is 51.1 Å². The largest absolute Gasteiger partial charge is 0.481 e. The van der Waals surface area contributed by atoms with Gasteiger partial charge in [0.05, 0.1) is 0 Å². The van der Waals surface area contributed by atoms with E-state index in [2.05, 4.69) is 5.32 Å². The molecule has 0 aliphatic rings. The van der Waals surface area contributed by atoms with Gasteiger partial charge < -0.3 is 14.5 Å². The van der Waals surface area contributed by atoms with Crippen molar-refractivity contribution < 1.29 is 13.9 Å². The number of aryl methyl sites for hydroxylation is 1. The standard InChI is InChI=1S/C22H23NO4/c1-13(2)23-22(25)15(4)26-16-9-10-18-19(12-21(24)27-20(18)11-16)17-8-6-5-7-14(17)3/h5-13,15H,1-4H3,(H,23,25)/t15-/m1/s1. The molecule has 2 aromatic carbocycles. The summed E-state index contributed by atoms with van der Waals surface area (Å²) in [6, 6.07) is 14.7. The molecule has 0 radical (unpaired) electrons. The van der Waals surface area contributed by atoms with Crippen LogP contribution < -0.4 is 15.7 Å². The first-order valence-corrected chi connectivity index (χ1v) is 8.96. The van der Waals surface area contributed by atoms with E-state index in [9.17, 15) is 9.59 Å². The Labute approximate surface area is 158 Å². The van der Waals surface area contributed by atoms with Crippen LogP contribution in [0.2, 0.25) is 0 Å². The molecule has 0 spiro atoms. The van der Waals surface area contributed by atoms with Crippen molar-refractivity contribution in [2.24, 2.45) is 0 Å².